The summed E-state index contributed by atoms with van der Waals surface area (Å²) in [5.74, 6) is -8.58. The molecular weight excluding hydrogens is 380 g/mol. The fraction of sp³-hybridized carbons (Fsp3) is 0.167. The maximum absolute atomic E-state index is 13.6. The predicted molar refractivity (Wildman–Crippen MR) is 95.8 cm³/mol. The molecule has 28 heavy (non-hydrogen) atoms. The topological polar surface area (TPSA) is 100 Å². The summed E-state index contributed by atoms with van der Waals surface area (Å²) >= 11 is 0. The van der Waals surface area contributed by atoms with Gasteiger partial charge in [-0.25, -0.2) is 8.78 Å². The lowest BCUT2D eigenvalue weighted by atomic mass is 10.2. The second kappa shape index (κ2) is 8.51. The number of aliphatic hydroxyl groups is 1. The van der Waals surface area contributed by atoms with Gasteiger partial charge in [0.05, 0.1) is 17.1 Å². The first-order valence-electron chi connectivity index (χ1n) is 7.87. The van der Waals surface area contributed by atoms with Gasteiger partial charge in [-0.1, -0.05) is 29.8 Å². The molecule has 0 saturated heterocycles. The number of halogens is 4. The quantitative estimate of drug-likeness (QED) is 0.211. The minimum atomic E-state index is -5.00. The van der Waals surface area contributed by atoms with Gasteiger partial charge in [-0.2, -0.15) is 13.9 Å². The van der Waals surface area contributed by atoms with Gasteiger partial charge in [0.25, 0.3) is 5.91 Å². The number of amides is 1. The number of carbonyl (C=O) groups excluding carboxylic acids is 1. The third-order valence-corrected chi connectivity index (χ3v) is 3.54. The van der Waals surface area contributed by atoms with Gasteiger partial charge in [0.15, 0.2) is 5.70 Å². The number of aliphatic hydroxyl groups excluding tert-OH is 1. The SMILES string of the molecule is Cc1ccc(N=N/C(C(=O)Nc2ccccc2N)=C(/O)C(F)(F)C(F)F)cc1. The number of aryl methyl sites for hydroxylation is 1. The Morgan fingerprint density at radius 3 is 2.32 bits per heavy atom. The number of allylic oxidation sites excluding steroid dienone is 1. The number of nitrogens with two attached hydrogens (primary N) is 1. The maximum atomic E-state index is 13.6. The molecule has 148 valence electrons. The molecule has 0 heterocycles. The normalized spacial score (nSPS) is 12.9. The third kappa shape index (κ3) is 4.84. The van der Waals surface area contributed by atoms with Gasteiger partial charge in [-0.15, -0.1) is 5.11 Å². The molecule has 0 bridgehead atoms. The first-order chi connectivity index (χ1) is 13.1. The van der Waals surface area contributed by atoms with Gasteiger partial charge in [0, 0.05) is 0 Å². The van der Waals surface area contributed by atoms with Crippen molar-refractivity contribution in [2.24, 2.45) is 10.2 Å². The molecule has 0 saturated carbocycles. The highest BCUT2D eigenvalue weighted by Crippen LogP contribution is 2.33. The second-order valence-corrected chi connectivity index (χ2v) is 5.70. The lowest BCUT2D eigenvalue weighted by Gasteiger charge is -2.16. The van der Waals surface area contributed by atoms with E-state index in [0.717, 1.165) is 5.56 Å². The van der Waals surface area contributed by atoms with Crippen LogP contribution < -0.4 is 11.1 Å². The molecule has 1 amide bonds. The summed E-state index contributed by atoms with van der Waals surface area (Å²) in [5, 5.41) is 18.6. The summed E-state index contributed by atoms with van der Waals surface area (Å²) in [6, 6.07) is 12.0. The number of carbonyl (C=O) groups is 1. The molecule has 0 fully saturated rings. The Bertz CT molecular complexity index is 912. The molecule has 0 aromatic heterocycles. The van der Waals surface area contributed by atoms with Crippen LogP contribution in [0.4, 0.5) is 34.6 Å². The van der Waals surface area contributed by atoms with Crippen molar-refractivity contribution in [1.82, 2.24) is 0 Å². The van der Waals surface area contributed by atoms with Crippen LogP contribution in [0.1, 0.15) is 5.56 Å². The Morgan fingerprint density at radius 1 is 1.14 bits per heavy atom. The average Bonchev–Trinajstić information content (AvgIpc) is 2.65. The van der Waals surface area contributed by atoms with E-state index in [-0.39, 0.29) is 17.1 Å². The summed E-state index contributed by atoms with van der Waals surface area (Å²) in [6.07, 6.45) is -4.26. The molecule has 0 aliphatic heterocycles. The molecule has 4 N–H and O–H groups in total. The number of hydrogen-bond acceptors (Lipinski definition) is 5. The van der Waals surface area contributed by atoms with E-state index in [1.54, 1.807) is 25.1 Å². The average molecular weight is 396 g/mol. The fourth-order valence-electron chi connectivity index (χ4n) is 1.97. The molecule has 2 rings (SSSR count). The van der Waals surface area contributed by atoms with Crippen LogP contribution in [-0.2, 0) is 4.79 Å². The summed E-state index contributed by atoms with van der Waals surface area (Å²) in [6.45, 7) is 1.79. The molecule has 6 nitrogen and oxygen atoms in total. The third-order valence-electron chi connectivity index (χ3n) is 3.54. The number of nitrogens with zero attached hydrogens (tertiary/aromatic N) is 2. The van der Waals surface area contributed by atoms with Crippen molar-refractivity contribution >= 4 is 23.0 Å². The standard InChI is InChI=1S/C18H16F4N4O2/c1-10-6-8-11(9-7-10)25-26-14(15(27)18(21,22)17(19)20)16(28)24-13-5-3-2-4-12(13)23/h2-9,17,27H,23H2,1H3,(H,24,28)/b15-14+,26-25?. The van der Waals surface area contributed by atoms with Crippen molar-refractivity contribution < 1.29 is 27.5 Å². The predicted octanol–water partition coefficient (Wildman–Crippen LogP) is 4.97. The van der Waals surface area contributed by atoms with E-state index in [2.05, 4.69) is 15.5 Å². The highest BCUT2D eigenvalue weighted by Gasteiger charge is 2.48. The Labute approximate surface area is 157 Å². The largest absolute Gasteiger partial charge is 0.504 e. The first kappa shape index (κ1) is 20.9. The maximum Gasteiger partial charge on any atom is 0.365 e. The number of azo groups is 1. The molecule has 0 aliphatic carbocycles. The van der Waals surface area contributed by atoms with Crippen LogP contribution >= 0.6 is 0 Å². The molecular formula is C18H16F4N4O2. The molecule has 0 radical (unpaired) electrons. The van der Waals surface area contributed by atoms with Crippen LogP contribution in [0.15, 0.2) is 70.2 Å². The minimum absolute atomic E-state index is 0.0173. The number of hydrogen-bond donors (Lipinski definition) is 3. The van der Waals surface area contributed by atoms with Gasteiger partial charge in [-0.05, 0) is 31.2 Å². The minimum Gasteiger partial charge on any atom is -0.504 e. The van der Waals surface area contributed by atoms with Crippen LogP contribution in [0.5, 0.6) is 0 Å². The lowest BCUT2D eigenvalue weighted by Crippen LogP contribution is -2.32. The van der Waals surface area contributed by atoms with Crippen LogP contribution in [0.3, 0.4) is 0 Å². The Kier molecular flexibility index (Phi) is 6.34. The van der Waals surface area contributed by atoms with Crippen molar-refractivity contribution in [3.05, 3.63) is 65.6 Å². The Morgan fingerprint density at radius 2 is 1.75 bits per heavy atom. The summed E-state index contributed by atoms with van der Waals surface area (Å²) < 4.78 is 52.4. The molecule has 0 unspecified atom stereocenters. The van der Waals surface area contributed by atoms with E-state index < -0.39 is 29.7 Å². The second-order valence-electron chi connectivity index (χ2n) is 5.70. The van der Waals surface area contributed by atoms with Gasteiger partial charge < -0.3 is 16.2 Å². The fourth-order valence-corrected chi connectivity index (χ4v) is 1.97. The molecule has 0 spiro atoms. The Balaban J connectivity index is 2.45. The highest BCUT2D eigenvalue weighted by atomic mass is 19.3. The van der Waals surface area contributed by atoms with Gasteiger partial charge in [0.1, 0.15) is 0 Å². The van der Waals surface area contributed by atoms with E-state index in [1.807, 2.05) is 0 Å². The molecule has 0 atom stereocenters. The van der Waals surface area contributed by atoms with E-state index in [0.29, 0.717) is 0 Å². The van der Waals surface area contributed by atoms with Crippen molar-refractivity contribution in [3.8, 4) is 0 Å². The summed E-state index contributed by atoms with van der Waals surface area (Å²) in [5.41, 5.74) is 5.41. The monoisotopic (exact) mass is 396 g/mol. The number of benzene rings is 2. The molecule has 2 aromatic carbocycles. The highest BCUT2D eigenvalue weighted by molar-refractivity contribution is 6.05. The number of rotatable bonds is 6. The smallest absolute Gasteiger partial charge is 0.365 e. The Hall–Kier alpha value is -3.43. The zero-order chi connectivity index (χ0) is 20.9. The lowest BCUT2D eigenvalue weighted by molar-refractivity contribution is -0.125. The molecule has 0 aliphatic rings. The van der Waals surface area contributed by atoms with Gasteiger partial charge in [-0.3, -0.25) is 4.79 Å². The number of alkyl halides is 4. The zero-order valence-corrected chi connectivity index (χ0v) is 14.5. The van der Waals surface area contributed by atoms with Crippen molar-refractivity contribution in [2.75, 3.05) is 11.1 Å². The summed E-state index contributed by atoms with van der Waals surface area (Å²) in [4.78, 5) is 12.3. The first-order valence-corrected chi connectivity index (χ1v) is 7.87. The van der Waals surface area contributed by atoms with E-state index in [1.165, 1.54) is 30.3 Å². The van der Waals surface area contributed by atoms with Crippen LogP contribution in [0.2, 0.25) is 0 Å². The van der Waals surface area contributed by atoms with E-state index in [4.69, 9.17) is 5.73 Å². The van der Waals surface area contributed by atoms with Crippen molar-refractivity contribution in [2.45, 2.75) is 19.3 Å². The van der Waals surface area contributed by atoms with Gasteiger partial charge in [0.2, 0.25) is 5.76 Å². The van der Waals surface area contributed by atoms with Gasteiger partial charge >= 0.3 is 12.3 Å². The van der Waals surface area contributed by atoms with E-state index in [9.17, 15) is 27.5 Å². The zero-order valence-electron chi connectivity index (χ0n) is 14.5. The molecule has 2 aromatic rings. The van der Waals surface area contributed by atoms with E-state index >= 15 is 0 Å². The number of nitrogen functional groups attached to an aromatic ring is 1. The number of nitrogens with one attached hydrogen (secondary N) is 1. The summed E-state index contributed by atoms with van der Waals surface area (Å²) in [7, 11) is 0. The van der Waals surface area contributed by atoms with Crippen molar-refractivity contribution in [3.63, 3.8) is 0 Å². The van der Waals surface area contributed by atoms with Crippen LogP contribution in [0.25, 0.3) is 0 Å². The molecule has 10 heteroatoms. The van der Waals surface area contributed by atoms with Crippen LogP contribution in [-0.4, -0.2) is 23.4 Å². The van der Waals surface area contributed by atoms with Crippen molar-refractivity contribution in [1.29, 1.82) is 0 Å². The number of para-hydroxylation sites is 2. The number of anilines is 2. The van der Waals surface area contributed by atoms with Crippen LogP contribution in [0, 0.1) is 6.92 Å².